The lowest BCUT2D eigenvalue weighted by molar-refractivity contribution is -0.384. The third-order valence-electron chi connectivity index (χ3n) is 5.02. The predicted octanol–water partition coefficient (Wildman–Crippen LogP) is 2.77. The van der Waals surface area contributed by atoms with E-state index in [4.69, 9.17) is 4.74 Å². The summed E-state index contributed by atoms with van der Waals surface area (Å²) in [5.41, 5.74) is 3.88. The SMILES string of the molecule is Cc1ccc(N2CCN(CC(O)COc3ccc([N+](=O)[O-])cc3)CC2)c(C)c1. The highest BCUT2D eigenvalue weighted by atomic mass is 16.6. The van der Waals surface area contributed by atoms with Crippen LogP contribution in [0.25, 0.3) is 0 Å². The molecule has 1 fully saturated rings. The summed E-state index contributed by atoms with van der Waals surface area (Å²) < 4.78 is 5.55. The van der Waals surface area contributed by atoms with Crippen LogP contribution in [0.5, 0.6) is 5.75 Å². The Balaban J connectivity index is 1.43. The maximum absolute atomic E-state index is 10.7. The summed E-state index contributed by atoms with van der Waals surface area (Å²) in [5, 5.41) is 20.9. The summed E-state index contributed by atoms with van der Waals surface area (Å²) in [4.78, 5) is 14.8. The topological polar surface area (TPSA) is 79.1 Å². The molecule has 1 saturated heterocycles. The smallest absolute Gasteiger partial charge is 0.269 e. The number of benzene rings is 2. The van der Waals surface area contributed by atoms with Crippen molar-refractivity contribution in [2.75, 3.05) is 44.2 Å². The van der Waals surface area contributed by atoms with Gasteiger partial charge in [-0.05, 0) is 37.6 Å². The number of β-amino-alcohol motifs (C(OH)–C–C–N with tert-alkyl or cyclic N) is 1. The minimum absolute atomic E-state index is 0.0228. The number of non-ortho nitro benzene ring substituents is 1. The van der Waals surface area contributed by atoms with Crippen LogP contribution in [0, 0.1) is 24.0 Å². The number of aliphatic hydroxyl groups is 1. The second-order valence-electron chi connectivity index (χ2n) is 7.29. The van der Waals surface area contributed by atoms with Gasteiger partial charge in [0.05, 0.1) is 4.92 Å². The van der Waals surface area contributed by atoms with E-state index in [1.54, 1.807) is 12.1 Å². The molecule has 2 aromatic rings. The zero-order valence-corrected chi connectivity index (χ0v) is 16.4. The van der Waals surface area contributed by atoms with Gasteiger partial charge in [0.25, 0.3) is 5.69 Å². The van der Waals surface area contributed by atoms with Gasteiger partial charge in [-0.2, -0.15) is 0 Å². The zero-order valence-electron chi connectivity index (χ0n) is 16.4. The maximum atomic E-state index is 10.7. The number of nitrogens with zero attached hydrogens (tertiary/aromatic N) is 3. The third-order valence-corrected chi connectivity index (χ3v) is 5.02. The van der Waals surface area contributed by atoms with Crippen molar-refractivity contribution in [1.82, 2.24) is 4.90 Å². The highest BCUT2D eigenvalue weighted by molar-refractivity contribution is 5.54. The minimum Gasteiger partial charge on any atom is -0.491 e. The van der Waals surface area contributed by atoms with Gasteiger partial charge in [-0.25, -0.2) is 0 Å². The van der Waals surface area contributed by atoms with Gasteiger partial charge >= 0.3 is 0 Å². The molecule has 0 amide bonds. The first-order valence-corrected chi connectivity index (χ1v) is 9.52. The van der Waals surface area contributed by atoms with Crippen LogP contribution in [0.1, 0.15) is 11.1 Å². The number of aliphatic hydroxyl groups excluding tert-OH is 1. The molecule has 3 rings (SSSR count). The summed E-state index contributed by atoms with van der Waals surface area (Å²) in [6, 6.07) is 12.4. The summed E-state index contributed by atoms with van der Waals surface area (Å²) in [6.45, 7) is 8.61. The number of nitro groups is 1. The number of piperazine rings is 1. The number of ether oxygens (including phenoxy) is 1. The second-order valence-corrected chi connectivity index (χ2v) is 7.29. The third kappa shape index (κ3) is 5.21. The average molecular weight is 385 g/mol. The standard InChI is InChI=1S/C21H27N3O4/c1-16-3-8-21(17(2)13-16)23-11-9-22(10-12-23)14-19(25)15-28-20-6-4-18(5-7-20)24(26)27/h3-8,13,19,25H,9-12,14-15H2,1-2H3. The lowest BCUT2D eigenvalue weighted by Crippen LogP contribution is -2.49. The van der Waals surface area contributed by atoms with E-state index in [9.17, 15) is 15.2 Å². The molecule has 0 spiro atoms. The molecule has 1 heterocycles. The molecule has 0 aliphatic carbocycles. The lowest BCUT2D eigenvalue weighted by Gasteiger charge is -2.37. The molecule has 0 radical (unpaired) electrons. The Bertz CT molecular complexity index is 802. The van der Waals surface area contributed by atoms with E-state index in [1.807, 2.05) is 0 Å². The van der Waals surface area contributed by atoms with Crippen molar-refractivity contribution in [3.63, 3.8) is 0 Å². The fourth-order valence-corrected chi connectivity index (χ4v) is 3.54. The lowest BCUT2D eigenvalue weighted by atomic mass is 10.1. The van der Waals surface area contributed by atoms with Gasteiger partial charge in [0, 0.05) is 50.5 Å². The Morgan fingerprint density at radius 1 is 1.11 bits per heavy atom. The van der Waals surface area contributed by atoms with Crippen LogP contribution in [-0.4, -0.2) is 60.4 Å². The number of aryl methyl sites for hydroxylation is 2. The molecule has 150 valence electrons. The average Bonchev–Trinajstić information content (AvgIpc) is 2.67. The van der Waals surface area contributed by atoms with E-state index in [0.29, 0.717) is 12.3 Å². The molecule has 7 nitrogen and oxygen atoms in total. The Hall–Kier alpha value is -2.64. The number of hydrogen-bond donors (Lipinski definition) is 1. The van der Waals surface area contributed by atoms with Crippen molar-refractivity contribution >= 4 is 11.4 Å². The Kier molecular flexibility index (Phi) is 6.49. The van der Waals surface area contributed by atoms with Crippen LogP contribution in [0.3, 0.4) is 0 Å². The monoisotopic (exact) mass is 385 g/mol. The number of nitro benzene ring substituents is 1. The van der Waals surface area contributed by atoms with E-state index in [2.05, 4.69) is 41.8 Å². The van der Waals surface area contributed by atoms with Gasteiger partial charge in [-0.3, -0.25) is 15.0 Å². The number of anilines is 1. The summed E-state index contributed by atoms with van der Waals surface area (Å²) >= 11 is 0. The highest BCUT2D eigenvalue weighted by Gasteiger charge is 2.20. The van der Waals surface area contributed by atoms with Crippen LogP contribution in [0.2, 0.25) is 0 Å². The van der Waals surface area contributed by atoms with Crippen molar-refractivity contribution in [2.45, 2.75) is 20.0 Å². The maximum Gasteiger partial charge on any atom is 0.269 e. The molecule has 1 aliphatic rings. The number of rotatable bonds is 7. The van der Waals surface area contributed by atoms with E-state index < -0.39 is 11.0 Å². The van der Waals surface area contributed by atoms with Gasteiger partial charge < -0.3 is 14.7 Å². The normalized spacial score (nSPS) is 16.0. The van der Waals surface area contributed by atoms with Crippen molar-refractivity contribution in [3.05, 3.63) is 63.7 Å². The van der Waals surface area contributed by atoms with Crippen LogP contribution < -0.4 is 9.64 Å². The van der Waals surface area contributed by atoms with Gasteiger partial charge in [0.15, 0.2) is 0 Å². The molecule has 2 aromatic carbocycles. The molecule has 1 atom stereocenters. The summed E-state index contributed by atoms with van der Waals surface area (Å²) in [6.07, 6.45) is -0.608. The molecular weight excluding hydrogens is 358 g/mol. The van der Waals surface area contributed by atoms with Crippen LogP contribution in [0.15, 0.2) is 42.5 Å². The van der Waals surface area contributed by atoms with Crippen molar-refractivity contribution < 1.29 is 14.8 Å². The minimum atomic E-state index is -0.608. The van der Waals surface area contributed by atoms with Crippen LogP contribution >= 0.6 is 0 Å². The molecule has 0 bridgehead atoms. The van der Waals surface area contributed by atoms with Crippen LogP contribution in [-0.2, 0) is 0 Å². The first-order valence-electron chi connectivity index (χ1n) is 9.52. The van der Waals surface area contributed by atoms with E-state index in [-0.39, 0.29) is 12.3 Å². The van der Waals surface area contributed by atoms with E-state index >= 15 is 0 Å². The molecule has 1 aliphatic heterocycles. The van der Waals surface area contributed by atoms with Crippen molar-refractivity contribution in [1.29, 1.82) is 0 Å². The van der Waals surface area contributed by atoms with Crippen molar-refractivity contribution in [3.8, 4) is 5.75 Å². The van der Waals surface area contributed by atoms with Gasteiger partial charge in [-0.1, -0.05) is 17.7 Å². The zero-order chi connectivity index (χ0) is 20.1. The fraction of sp³-hybridized carbons (Fsp3) is 0.429. The summed E-state index contributed by atoms with van der Waals surface area (Å²) in [5.74, 6) is 0.518. The molecule has 28 heavy (non-hydrogen) atoms. The largest absolute Gasteiger partial charge is 0.491 e. The fourth-order valence-electron chi connectivity index (χ4n) is 3.54. The van der Waals surface area contributed by atoms with Crippen molar-refractivity contribution in [2.24, 2.45) is 0 Å². The van der Waals surface area contributed by atoms with Gasteiger partial charge in [0.2, 0.25) is 0 Å². The molecule has 1 unspecified atom stereocenters. The second kappa shape index (κ2) is 9.03. The first kappa shape index (κ1) is 20.1. The Morgan fingerprint density at radius 2 is 1.79 bits per heavy atom. The number of hydrogen-bond acceptors (Lipinski definition) is 6. The van der Waals surface area contributed by atoms with E-state index in [0.717, 1.165) is 26.2 Å². The first-order chi connectivity index (χ1) is 13.4. The molecule has 7 heteroatoms. The molecule has 0 aromatic heterocycles. The highest BCUT2D eigenvalue weighted by Crippen LogP contribution is 2.22. The Morgan fingerprint density at radius 3 is 2.39 bits per heavy atom. The molecule has 0 saturated carbocycles. The molecular formula is C21H27N3O4. The van der Waals surface area contributed by atoms with Gasteiger partial charge in [-0.15, -0.1) is 0 Å². The predicted molar refractivity (Wildman–Crippen MR) is 109 cm³/mol. The van der Waals surface area contributed by atoms with Crippen LogP contribution in [0.4, 0.5) is 11.4 Å². The van der Waals surface area contributed by atoms with Gasteiger partial charge in [0.1, 0.15) is 18.5 Å². The Labute approximate surface area is 165 Å². The quantitative estimate of drug-likeness (QED) is 0.583. The summed E-state index contributed by atoms with van der Waals surface area (Å²) in [7, 11) is 0. The molecule has 1 N–H and O–H groups in total. The van der Waals surface area contributed by atoms with E-state index in [1.165, 1.54) is 28.9 Å².